The predicted octanol–water partition coefficient (Wildman–Crippen LogP) is 3.88. The number of esters is 1. The van der Waals surface area contributed by atoms with Gasteiger partial charge in [-0.15, -0.1) is 12.4 Å². The molecule has 2 aromatic carbocycles. The summed E-state index contributed by atoms with van der Waals surface area (Å²) in [6, 6.07) is 7.61. The summed E-state index contributed by atoms with van der Waals surface area (Å²) < 4.78 is 27.9. The van der Waals surface area contributed by atoms with Gasteiger partial charge in [-0.3, -0.25) is 9.69 Å². The zero-order chi connectivity index (χ0) is 23.3. The summed E-state index contributed by atoms with van der Waals surface area (Å²) in [6.45, 7) is 6.49. The van der Waals surface area contributed by atoms with Crippen LogP contribution in [0, 0.1) is 11.8 Å². The normalized spacial score (nSPS) is 24.2. The maximum absolute atomic E-state index is 13.1. The highest BCUT2D eigenvalue weighted by Crippen LogP contribution is 2.56. The lowest BCUT2D eigenvalue weighted by atomic mass is 9.65. The molecule has 8 nitrogen and oxygen atoms in total. The molecule has 0 spiro atoms. The fourth-order valence-electron chi connectivity index (χ4n) is 5.71. The number of phenolic OH excluding ortho intramolecular Hbond substituents is 1. The number of phenols is 1. The molecular formula is C25H30ClNO7. The van der Waals surface area contributed by atoms with E-state index in [9.17, 15) is 9.90 Å². The second-order valence-corrected chi connectivity index (χ2v) is 8.57. The topological polar surface area (TPSA) is 86.7 Å². The van der Waals surface area contributed by atoms with Crippen molar-refractivity contribution in [1.82, 2.24) is 4.90 Å². The fraction of sp³-hybridized carbons (Fsp3) is 0.480. The van der Waals surface area contributed by atoms with Crippen molar-refractivity contribution in [3.8, 4) is 28.7 Å². The van der Waals surface area contributed by atoms with Crippen LogP contribution in [0.25, 0.3) is 0 Å². The summed E-state index contributed by atoms with van der Waals surface area (Å²) in [5, 5.41) is 10.5. The third-order valence-electron chi connectivity index (χ3n) is 7.22. The first-order chi connectivity index (χ1) is 16.0. The van der Waals surface area contributed by atoms with Crippen molar-refractivity contribution in [1.29, 1.82) is 0 Å². The summed E-state index contributed by atoms with van der Waals surface area (Å²) in [6.07, 6.45) is 0. The van der Waals surface area contributed by atoms with Gasteiger partial charge in [-0.25, -0.2) is 0 Å². The van der Waals surface area contributed by atoms with E-state index < -0.39 is 0 Å². The van der Waals surface area contributed by atoms with Crippen molar-refractivity contribution in [3.05, 3.63) is 41.0 Å². The zero-order valence-corrected chi connectivity index (χ0v) is 20.5. The molecule has 0 aromatic heterocycles. The largest absolute Gasteiger partial charge is 0.502 e. The third-order valence-corrected chi connectivity index (χ3v) is 7.22. The van der Waals surface area contributed by atoms with Gasteiger partial charge in [0.1, 0.15) is 0 Å². The first-order valence-corrected chi connectivity index (χ1v) is 11.3. The van der Waals surface area contributed by atoms with E-state index in [1.165, 1.54) is 14.2 Å². The van der Waals surface area contributed by atoms with Crippen LogP contribution >= 0.6 is 12.4 Å². The van der Waals surface area contributed by atoms with Crippen LogP contribution < -0.4 is 18.9 Å². The second kappa shape index (κ2) is 9.43. The van der Waals surface area contributed by atoms with Crippen LogP contribution in [-0.2, 0) is 9.53 Å². The molecule has 4 atom stereocenters. The monoisotopic (exact) mass is 491 g/mol. The Morgan fingerprint density at radius 1 is 0.971 bits per heavy atom. The number of nitrogens with zero attached hydrogens (tertiary/aromatic N) is 1. The van der Waals surface area contributed by atoms with E-state index in [4.69, 9.17) is 23.7 Å². The van der Waals surface area contributed by atoms with Crippen molar-refractivity contribution in [3.63, 3.8) is 0 Å². The highest BCUT2D eigenvalue weighted by molar-refractivity contribution is 5.85. The number of fused-ring (bicyclic) bond motifs is 3. The minimum atomic E-state index is -0.387. The lowest BCUT2D eigenvalue weighted by Crippen LogP contribution is -2.43. The Hall–Kier alpha value is -2.84. The molecule has 9 heteroatoms. The van der Waals surface area contributed by atoms with E-state index in [0.717, 1.165) is 29.8 Å². The van der Waals surface area contributed by atoms with Crippen LogP contribution in [0.3, 0.4) is 0 Å². The Bertz CT molecular complexity index is 1060. The zero-order valence-electron chi connectivity index (χ0n) is 19.7. The number of carbonyl (C=O) groups excluding carboxylic acids is 1. The molecule has 2 aromatic rings. The van der Waals surface area contributed by atoms with Crippen molar-refractivity contribution in [2.24, 2.45) is 11.8 Å². The SMILES string of the molecule is CCN(CC)[C@@H]1c2cc3c(cc2[C@@H](c2cc(OC)c(O)c(OC)c2)[C@H]2C(=O)OC[C@@H]21)OCO3.Cl. The molecule has 3 aliphatic rings. The maximum Gasteiger partial charge on any atom is 0.310 e. The van der Waals surface area contributed by atoms with Crippen LogP contribution in [-0.4, -0.2) is 56.7 Å². The molecule has 1 aliphatic carbocycles. The van der Waals surface area contributed by atoms with E-state index in [2.05, 4.69) is 24.8 Å². The molecule has 0 unspecified atom stereocenters. The molecule has 2 aliphatic heterocycles. The van der Waals surface area contributed by atoms with Gasteiger partial charge in [-0.05, 0) is 54.0 Å². The number of carbonyl (C=O) groups is 1. The number of ether oxygens (including phenoxy) is 5. The van der Waals surface area contributed by atoms with E-state index >= 15 is 0 Å². The Morgan fingerprint density at radius 3 is 2.12 bits per heavy atom. The van der Waals surface area contributed by atoms with Gasteiger partial charge in [0.2, 0.25) is 12.5 Å². The molecule has 0 radical (unpaired) electrons. The summed E-state index contributed by atoms with van der Waals surface area (Å²) in [7, 11) is 2.99. The Kier molecular flexibility index (Phi) is 6.73. The van der Waals surface area contributed by atoms with E-state index in [1.807, 2.05) is 6.07 Å². The standard InChI is InChI=1S/C25H29NO7.ClH/c1-5-26(6-2)23-15-10-18-17(32-12-33-18)9-14(15)21(22-16(23)11-31-25(22)28)13-7-19(29-3)24(27)20(8-13)30-4;/h7-10,16,21-23,27H,5-6,11-12H2,1-4H3;1H/t16-,21+,22-,23+;/m0./s1. The third kappa shape index (κ3) is 3.60. The highest BCUT2D eigenvalue weighted by atomic mass is 35.5. The lowest BCUT2D eigenvalue weighted by molar-refractivity contribution is -0.141. The van der Waals surface area contributed by atoms with Gasteiger partial charge < -0.3 is 28.8 Å². The van der Waals surface area contributed by atoms with Gasteiger partial charge in [0.25, 0.3) is 0 Å². The molecule has 1 N–H and O–H groups in total. The van der Waals surface area contributed by atoms with Crippen molar-refractivity contribution >= 4 is 18.4 Å². The van der Waals surface area contributed by atoms with Crippen LogP contribution in [0.4, 0.5) is 0 Å². The average molecular weight is 492 g/mol. The van der Waals surface area contributed by atoms with Gasteiger partial charge in [0, 0.05) is 17.9 Å². The quantitative estimate of drug-likeness (QED) is 0.609. The number of aromatic hydroxyl groups is 1. The van der Waals surface area contributed by atoms with Crippen LogP contribution in [0.5, 0.6) is 28.7 Å². The molecule has 0 bridgehead atoms. The molecule has 1 saturated heterocycles. The van der Waals surface area contributed by atoms with Crippen LogP contribution in [0.15, 0.2) is 24.3 Å². The summed E-state index contributed by atoms with van der Waals surface area (Å²) in [4.78, 5) is 15.5. The number of rotatable bonds is 6. The van der Waals surface area contributed by atoms with E-state index in [-0.39, 0.29) is 54.7 Å². The van der Waals surface area contributed by atoms with Crippen molar-refractivity contribution < 1.29 is 33.6 Å². The first-order valence-electron chi connectivity index (χ1n) is 11.3. The van der Waals surface area contributed by atoms with Crippen molar-refractivity contribution in [2.45, 2.75) is 25.8 Å². The Balaban J connectivity index is 0.00000274. The smallest absolute Gasteiger partial charge is 0.310 e. The molecular weight excluding hydrogens is 462 g/mol. The molecule has 0 amide bonds. The van der Waals surface area contributed by atoms with E-state index in [1.54, 1.807) is 12.1 Å². The Morgan fingerprint density at radius 2 is 1.56 bits per heavy atom. The molecule has 1 fully saturated rings. The molecule has 184 valence electrons. The van der Waals surface area contributed by atoms with Gasteiger partial charge in [0.05, 0.1) is 26.7 Å². The fourth-order valence-corrected chi connectivity index (χ4v) is 5.71. The lowest BCUT2D eigenvalue weighted by Gasteiger charge is -2.43. The molecule has 5 rings (SSSR count). The Labute approximate surface area is 205 Å². The number of hydrogen-bond donors (Lipinski definition) is 1. The van der Waals surface area contributed by atoms with Gasteiger partial charge in [0.15, 0.2) is 23.0 Å². The van der Waals surface area contributed by atoms with Crippen LogP contribution in [0.2, 0.25) is 0 Å². The van der Waals surface area contributed by atoms with Gasteiger partial charge in [-0.1, -0.05) is 13.8 Å². The number of benzene rings is 2. The van der Waals surface area contributed by atoms with Gasteiger partial charge >= 0.3 is 5.97 Å². The molecule has 2 heterocycles. The maximum atomic E-state index is 13.1. The minimum Gasteiger partial charge on any atom is -0.502 e. The van der Waals surface area contributed by atoms with Crippen LogP contribution in [0.1, 0.15) is 42.5 Å². The number of halogens is 1. The van der Waals surface area contributed by atoms with Crippen molar-refractivity contribution in [2.75, 3.05) is 40.7 Å². The number of hydrogen-bond acceptors (Lipinski definition) is 8. The summed E-state index contributed by atoms with van der Waals surface area (Å²) in [5.74, 6) is 0.955. The molecule has 0 saturated carbocycles. The predicted molar refractivity (Wildman–Crippen MR) is 126 cm³/mol. The molecule has 34 heavy (non-hydrogen) atoms. The number of cyclic esters (lactones) is 1. The average Bonchev–Trinajstić information content (AvgIpc) is 3.44. The summed E-state index contributed by atoms with van der Waals surface area (Å²) >= 11 is 0. The number of methoxy groups -OCH3 is 2. The summed E-state index contributed by atoms with van der Waals surface area (Å²) in [5.41, 5.74) is 2.91. The van der Waals surface area contributed by atoms with Gasteiger partial charge in [-0.2, -0.15) is 0 Å². The highest BCUT2D eigenvalue weighted by Gasteiger charge is 2.53. The van der Waals surface area contributed by atoms with E-state index in [0.29, 0.717) is 29.6 Å². The first kappa shape index (κ1) is 24.3. The second-order valence-electron chi connectivity index (χ2n) is 8.57. The minimum absolute atomic E-state index is 0.